The molecule has 2 heterocycles. The first-order valence-electron chi connectivity index (χ1n) is 8.17. The minimum Gasteiger partial charge on any atom is -0.350 e. The number of hydrogen-bond acceptors (Lipinski definition) is 0. The van der Waals surface area contributed by atoms with E-state index in [4.69, 9.17) is 23.2 Å². The van der Waals surface area contributed by atoms with Gasteiger partial charge in [0, 0.05) is 29.6 Å². The van der Waals surface area contributed by atoms with E-state index < -0.39 is 0 Å². The van der Waals surface area contributed by atoms with Crippen LogP contribution in [0.2, 0.25) is 10.0 Å². The molecule has 0 saturated carbocycles. The van der Waals surface area contributed by atoms with Gasteiger partial charge in [0.25, 0.3) is 0 Å². The van der Waals surface area contributed by atoms with Crippen LogP contribution in [0.4, 0.5) is 0 Å². The standard InChI is InChI=1S/C21H19Cl2N/c1-21(2)11-19-20(14-6-4-3-5-7-14)16(12-24(19)13-21)15-8-9-17(22)18(23)10-15/h3-10,12H,11,13H2,1-2H3. The van der Waals surface area contributed by atoms with Gasteiger partial charge in [-0.25, -0.2) is 0 Å². The van der Waals surface area contributed by atoms with E-state index in [0.717, 1.165) is 18.5 Å². The third kappa shape index (κ3) is 2.66. The summed E-state index contributed by atoms with van der Waals surface area (Å²) >= 11 is 12.4. The van der Waals surface area contributed by atoms with Gasteiger partial charge in [-0.05, 0) is 35.1 Å². The lowest BCUT2D eigenvalue weighted by molar-refractivity contribution is 0.359. The number of hydrogen-bond donors (Lipinski definition) is 0. The summed E-state index contributed by atoms with van der Waals surface area (Å²) in [5.41, 5.74) is 6.62. The molecule has 2 aromatic carbocycles. The van der Waals surface area contributed by atoms with Crippen molar-refractivity contribution in [3.63, 3.8) is 0 Å². The number of rotatable bonds is 2. The zero-order valence-corrected chi connectivity index (χ0v) is 15.3. The molecular formula is C21H19Cl2N. The van der Waals surface area contributed by atoms with E-state index in [2.05, 4.69) is 61.0 Å². The van der Waals surface area contributed by atoms with Gasteiger partial charge in [0.1, 0.15) is 0 Å². The number of fused-ring (bicyclic) bond motifs is 1. The summed E-state index contributed by atoms with van der Waals surface area (Å²) in [7, 11) is 0. The molecule has 3 heteroatoms. The molecule has 122 valence electrons. The second-order valence-electron chi connectivity index (χ2n) is 7.33. The Morgan fingerprint density at radius 3 is 2.38 bits per heavy atom. The van der Waals surface area contributed by atoms with Crippen molar-refractivity contribution in [1.29, 1.82) is 0 Å². The SMILES string of the molecule is CC1(C)Cc2c(-c3ccccc3)c(-c3ccc(Cl)c(Cl)c3)cn2C1. The largest absolute Gasteiger partial charge is 0.350 e. The first-order chi connectivity index (χ1) is 11.4. The Labute approximate surface area is 152 Å². The van der Waals surface area contributed by atoms with Crippen LogP contribution in [0, 0.1) is 5.41 Å². The summed E-state index contributed by atoms with van der Waals surface area (Å²) in [4.78, 5) is 0. The van der Waals surface area contributed by atoms with Crippen LogP contribution < -0.4 is 0 Å². The first kappa shape index (κ1) is 15.8. The van der Waals surface area contributed by atoms with Crippen LogP contribution in [-0.2, 0) is 13.0 Å². The number of aromatic nitrogens is 1. The summed E-state index contributed by atoms with van der Waals surface area (Å²) in [5.74, 6) is 0. The van der Waals surface area contributed by atoms with E-state index in [0.29, 0.717) is 15.5 Å². The van der Waals surface area contributed by atoms with E-state index >= 15 is 0 Å². The summed E-state index contributed by atoms with van der Waals surface area (Å²) in [6.07, 6.45) is 3.35. The van der Waals surface area contributed by atoms with Crippen molar-refractivity contribution < 1.29 is 0 Å². The fourth-order valence-electron chi connectivity index (χ4n) is 3.71. The average Bonchev–Trinajstić information content (AvgIpc) is 3.02. The van der Waals surface area contributed by atoms with Gasteiger partial charge >= 0.3 is 0 Å². The Kier molecular flexibility index (Phi) is 3.74. The summed E-state index contributed by atoms with van der Waals surface area (Å²) in [6.45, 7) is 5.70. The molecule has 0 radical (unpaired) electrons. The van der Waals surface area contributed by atoms with Crippen LogP contribution in [-0.4, -0.2) is 4.57 Å². The van der Waals surface area contributed by atoms with E-state index in [1.54, 1.807) is 0 Å². The van der Waals surface area contributed by atoms with Crippen LogP contribution in [0.15, 0.2) is 54.7 Å². The molecule has 1 aliphatic rings. The lowest BCUT2D eigenvalue weighted by Gasteiger charge is -2.16. The van der Waals surface area contributed by atoms with Crippen molar-refractivity contribution in [2.24, 2.45) is 5.41 Å². The molecule has 1 aliphatic heterocycles. The van der Waals surface area contributed by atoms with E-state index in [9.17, 15) is 0 Å². The Morgan fingerprint density at radius 2 is 1.67 bits per heavy atom. The third-order valence-electron chi connectivity index (χ3n) is 4.73. The van der Waals surface area contributed by atoms with Gasteiger partial charge in [-0.1, -0.05) is 73.4 Å². The molecule has 0 amide bonds. The van der Waals surface area contributed by atoms with Crippen LogP contribution in [0.5, 0.6) is 0 Å². The smallest absolute Gasteiger partial charge is 0.0598 e. The highest BCUT2D eigenvalue weighted by Gasteiger charge is 2.32. The molecular weight excluding hydrogens is 337 g/mol. The molecule has 24 heavy (non-hydrogen) atoms. The van der Waals surface area contributed by atoms with Gasteiger partial charge in [0.05, 0.1) is 10.0 Å². The molecule has 0 aliphatic carbocycles. The molecule has 0 unspecified atom stereocenters. The third-order valence-corrected chi connectivity index (χ3v) is 5.47. The number of halogens is 2. The van der Waals surface area contributed by atoms with Gasteiger partial charge in [-0.3, -0.25) is 0 Å². The second-order valence-corrected chi connectivity index (χ2v) is 8.14. The zero-order valence-electron chi connectivity index (χ0n) is 13.8. The van der Waals surface area contributed by atoms with Crippen LogP contribution in [0.25, 0.3) is 22.3 Å². The predicted octanol–water partition coefficient (Wildman–Crippen LogP) is 6.71. The van der Waals surface area contributed by atoms with Crippen LogP contribution in [0.3, 0.4) is 0 Å². The summed E-state index contributed by atoms with van der Waals surface area (Å²) < 4.78 is 2.40. The predicted molar refractivity (Wildman–Crippen MR) is 103 cm³/mol. The van der Waals surface area contributed by atoms with Crippen LogP contribution >= 0.6 is 23.2 Å². The van der Waals surface area contributed by atoms with E-state index in [1.165, 1.54) is 22.4 Å². The van der Waals surface area contributed by atoms with Gasteiger partial charge in [-0.2, -0.15) is 0 Å². The highest BCUT2D eigenvalue weighted by Crippen LogP contribution is 2.44. The van der Waals surface area contributed by atoms with Gasteiger partial charge in [-0.15, -0.1) is 0 Å². The second kappa shape index (κ2) is 5.68. The van der Waals surface area contributed by atoms with Crippen LogP contribution in [0.1, 0.15) is 19.5 Å². The van der Waals surface area contributed by atoms with Crippen molar-refractivity contribution in [2.75, 3.05) is 0 Å². The first-order valence-corrected chi connectivity index (χ1v) is 8.93. The lowest BCUT2D eigenvalue weighted by Crippen LogP contribution is -2.12. The van der Waals surface area contributed by atoms with Crippen molar-refractivity contribution in [2.45, 2.75) is 26.8 Å². The molecule has 3 aromatic rings. The Balaban J connectivity index is 1.94. The highest BCUT2D eigenvalue weighted by molar-refractivity contribution is 6.42. The van der Waals surface area contributed by atoms with E-state index in [1.807, 2.05) is 12.1 Å². The maximum Gasteiger partial charge on any atom is 0.0598 e. The quantitative estimate of drug-likeness (QED) is 0.481. The maximum atomic E-state index is 6.26. The van der Waals surface area contributed by atoms with Crippen molar-refractivity contribution in [3.8, 4) is 22.3 Å². The molecule has 0 bridgehead atoms. The maximum absolute atomic E-state index is 6.26. The van der Waals surface area contributed by atoms with Crippen molar-refractivity contribution in [3.05, 3.63) is 70.5 Å². The molecule has 0 saturated heterocycles. The molecule has 1 aromatic heterocycles. The Morgan fingerprint density at radius 1 is 0.917 bits per heavy atom. The minimum absolute atomic E-state index is 0.301. The average molecular weight is 356 g/mol. The Bertz CT molecular complexity index is 907. The topological polar surface area (TPSA) is 4.93 Å². The molecule has 4 rings (SSSR count). The normalized spacial score (nSPS) is 15.5. The fourth-order valence-corrected chi connectivity index (χ4v) is 4.01. The molecule has 0 fully saturated rings. The molecule has 0 N–H and O–H groups in total. The monoisotopic (exact) mass is 355 g/mol. The molecule has 0 atom stereocenters. The fraction of sp³-hybridized carbons (Fsp3) is 0.238. The van der Waals surface area contributed by atoms with Crippen molar-refractivity contribution in [1.82, 2.24) is 4.57 Å². The number of nitrogens with zero attached hydrogens (tertiary/aromatic N) is 1. The molecule has 0 spiro atoms. The van der Waals surface area contributed by atoms with E-state index in [-0.39, 0.29) is 0 Å². The lowest BCUT2D eigenvalue weighted by atomic mass is 9.87. The van der Waals surface area contributed by atoms with Gasteiger partial charge in [0.15, 0.2) is 0 Å². The highest BCUT2D eigenvalue weighted by atomic mass is 35.5. The number of benzene rings is 2. The minimum atomic E-state index is 0.301. The summed E-state index contributed by atoms with van der Waals surface area (Å²) in [6, 6.07) is 16.5. The molecule has 1 nitrogen and oxygen atoms in total. The van der Waals surface area contributed by atoms with Gasteiger partial charge < -0.3 is 4.57 Å². The van der Waals surface area contributed by atoms with Gasteiger partial charge in [0.2, 0.25) is 0 Å². The Hall–Kier alpha value is -1.70. The zero-order chi connectivity index (χ0) is 16.9. The summed E-state index contributed by atoms with van der Waals surface area (Å²) in [5, 5.41) is 1.19. The van der Waals surface area contributed by atoms with Crippen molar-refractivity contribution >= 4 is 23.2 Å².